The molecule has 0 saturated carbocycles. The molecule has 33 heavy (non-hydrogen) atoms. The lowest BCUT2D eigenvalue weighted by molar-refractivity contribution is -0.123. The van der Waals surface area contributed by atoms with Crippen LogP contribution in [-0.2, 0) is 16.1 Å². The number of imide groups is 1. The number of fused-ring (bicyclic) bond motifs is 1. The number of para-hydroxylation sites is 1. The molecule has 0 spiro atoms. The zero-order valence-electron chi connectivity index (χ0n) is 17.9. The Balaban J connectivity index is 1.62. The molecule has 1 aromatic carbocycles. The second-order valence-electron chi connectivity index (χ2n) is 8.11. The predicted octanol–water partition coefficient (Wildman–Crippen LogP) is 1.38. The standard InChI is InChI=1S/C24H21N7O2/c1-26-22(25)15-11-13-5-4-6-14-20(27-8-10-31(15)21(13)14)19-18(23(32)29-24(19)33)16-12-28-17-7-2-3-9-30(16)17/h2-7,9,11-12,20,27H,8,10H2,1H3,(H2,25,26)(H,29,32,33). The Kier molecular flexibility index (Phi) is 4.21. The lowest BCUT2D eigenvalue weighted by Crippen LogP contribution is -2.30. The number of rotatable bonds is 3. The van der Waals surface area contributed by atoms with Crippen LogP contribution >= 0.6 is 0 Å². The maximum Gasteiger partial charge on any atom is 0.260 e. The molecule has 0 aliphatic carbocycles. The van der Waals surface area contributed by atoms with Gasteiger partial charge in [0.2, 0.25) is 0 Å². The maximum atomic E-state index is 13.1. The van der Waals surface area contributed by atoms with E-state index in [1.165, 1.54) is 0 Å². The Bertz CT molecular complexity index is 1540. The molecule has 2 aliphatic rings. The van der Waals surface area contributed by atoms with Crippen LogP contribution in [-0.4, -0.2) is 45.2 Å². The molecule has 0 radical (unpaired) electrons. The number of benzene rings is 1. The van der Waals surface area contributed by atoms with Gasteiger partial charge in [0, 0.05) is 31.7 Å². The SMILES string of the molecule is CN=C(N)c1cc2cccc3c2n1CCNC3C1=C(c2cnc3ccccn23)C(=O)NC1=O. The first-order valence-corrected chi connectivity index (χ1v) is 10.7. The van der Waals surface area contributed by atoms with Crippen molar-refractivity contribution in [1.82, 2.24) is 24.6 Å². The van der Waals surface area contributed by atoms with Crippen molar-refractivity contribution in [2.75, 3.05) is 13.6 Å². The van der Waals surface area contributed by atoms with Crippen LogP contribution in [0.1, 0.15) is 23.0 Å². The van der Waals surface area contributed by atoms with Crippen molar-refractivity contribution in [2.24, 2.45) is 10.7 Å². The molecule has 9 nitrogen and oxygen atoms in total. The second-order valence-corrected chi connectivity index (χ2v) is 8.11. The van der Waals surface area contributed by atoms with Gasteiger partial charge in [-0.25, -0.2) is 4.98 Å². The van der Waals surface area contributed by atoms with Crippen molar-refractivity contribution >= 4 is 39.8 Å². The number of imidazole rings is 1. The molecular weight excluding hydrogens is 418 g/mol. The van der Waals surface area contributed by atoms with Crippen molar-refractivity contribution < 1.29 is 9.59 Å². The molecule has 0 fully saturated rings. The van der Waals surface area contributed by atoms with Crippen LogP contribution in [0.5, 0.6) is 0 Å². The Morgan fingerprint density at radius 2 is 2.06 bits per heavy atom. The predicted molar refractivity (Wildman–Crippen MR) is 125 cm³/mol. The van der Waals surface area contributed by atoms with Crippen molar-refractivity contribution in [3.8, 4) is 0 Å². The highest BCUT2D eigenvalue weighted by molar-refractivity contribution is 6.36. The summed E-state index contributed by atoms with van der Waals surface area (Å²) in [6, 6.07) is 13.1. The summed E-state index contributed by atoms with van der Waals surface area (Å²) in [6.45, 7) is 1.23. The normalized spacial score (nSPS) is 18.9. The quantitative estimate of drug-likeness (QED) is 0.253. The minimum Gasteiger partial charge on any atom is -0.382 e. The maximum absolute atomic E-state index is 13.1. The molecule has 4 N–H and O–H groups in total. The fourth-order valence-corrected chi connectivity index (χ4v) is 4.95. The minimum atomic E-state index is -0.479. The van der Waals surface area contributed by atoms with Gasteiger partial charge in [-0.3, -0.25) is 24.3 Å². The number of hydrogen-bond acceptors (Lipinski definition) is 5. The number of amidine groups is 1. The molecule has 0 bridgehead atoms. The molecule has 5 heterocycles. The van der Waals surface area contributed by atoms with E-state index in [9.17, 15) is 9.59 Å². The molecule has 3 aromatic heterocycles. The minimum absolute atomic E-state index is 0.336. The molecule has 6 rings (SSSR count). The number of aromatic nitrogens is 3. The van der Waals surface area contributed by atoms with Gasteiger partial charge in [0.05, 0.1) is 40.3 Å². The number of carbonyl (C=O) groups excluding carboxylic acids is 2. The van der Waals surface area contributed by atoms with Gasteiger partial charge in [-0.1, -0.05) is 24.3 Å². The van der Waals surface area contributed by atoms with E-state index in [0.29, 0.717) is 41.4 Å². The first kappa shape index (κ1) is 19.4. The summed E-state index contributed by atoms with van der Waals surface area (Å²) in [5.41, 5.74) is 10.9. The summed E-state index contributed by atoms with van der Waals surface area (Å²) >= 11 is 0. The van der Waals surface area contributed by atoms with Gasteiger partial charge in [0.15, 0.2) is 0 Å². The lowest BCUT2D eigenvalue weighted by Gasteiger charge is -2.19. The molecule has 164 valence electrons. The van der Waals surface area contributed by atoms with Crippen LogP contribution in [0.3, 0.4) is 0 Å². The molecule has 2 amide bonds. The van der Waals surface area contributed by atoms with E-state index in [-0.39, 0.29) is 0 Å². The van der Waals surface area contributed by atoms with Crippen molar-refractivity contribution in [3.05, 3.63) is 77.4 Å². The van der Waals surface area contributed by atoms with Crippen LogP contribution in [0.15, 0.2) is 65.4 Å². The molecule has 0 saturated heterocycles. The summed E-state index contributed by atoms with van der Waals surface area (Å²) in [6.07, 6.45) is 3.48. The third-order valence-corrected chi connectivity index (χ3v) is 6.38. The van der Waals surface area contributed by atoms with E-state index in [0.717, 1.165) is 22.2 Å². The highest BCUT2D eigenvalue weighted by atomic mass is 16.2. The summed E-state index contributed by atoms with van der Waals surface area (Å²) < 4.78 is 3.95. The number of nitrogens with two attached hydrogens (primary N) is 1. The van der Waals surface area contributed by atoms with E-state index < -0.39 is 17.9 Å². The summed E-state index contributed by atoms with van der Waals surface area (Å²) in [7, 11) is 1.67. The number of carbonyl (C=O) groups is 2. The average Bonchev–Trinajstić information content (AvgIpc) is 3.45. The van der Waals surface area contributed by atoms with E-state index in [1.807, 2.05) is 53.1 Å². The van der Waals surface area contributed by atoms with Gasteiger partial charge in [0.1, 0.15) is 11.5 Å². The van der Waals surface area contributed by atoms with Crippen molar-refractivity contribution in [2.45, 2.75) is 12.6 Å². The van der Waals surface area contributed by atoms with Gasteiger partial charge in [-0.15, -0.1) is 0 Å². The van der Waals surface area contributed by atoms with Crippen LogP contribution in [0.2, 0.25) is 0 Å². The van der Waals surface area contributed by atoms with Crippen LogP contribution in [0.25, 0.3) is 22.1 Å². The number of aliphatic imine (C=N–C) groups is 1. The third-order valence-electron chi connectivity index (χ3n) is 6.38. The summed E-state index contributed by atoms with van der Waals surface area (Å²) in [4.78, 5) is 34.7. The number of pyridine rings is 1. The molecule has 2 aliphatic heterocycles. The highest BCUT2D eigenvalue weighted by Gasteiger charge is 2.39. The van der Waals surface area contributed by atoms with E-state index in [1.54, 1.807) is 13.2 Å². The van der Waals surface area contributed by atoms with Gasteiger partial charge in [-0.2, -0.15) is 0 Å². The number of nitrogens with zero attached hydrogens (tertiary/aromatic N) is 4. The second kappa shape index (κ2) is 7.14. The van der Waals surface area contributed by atoms with E-state index >= 15 is 0 Å². The van der Waals surface area contributed by atoms with Crippen molar-refractivity contribution in [1.29, 1.82) is 0 Å². The average molecular weight is 439 g/mol. The fourth-order valence-electron chi connectivity index (χ4n) is 4.95. The Morgan fingerprint density at radius 3 is 2.91 bits per heavy atom. The zero-order valence-corrected chi connectivity index (χ0v) is 17.9. The molecule has 1 atom stereocenters. The van der Waals surface area contributed by atoms with Crippen LogP contribution < -0.4 is 16.4 Å². The first-order valence-electron chi connectivity index (χ1n) is 10.7. The smallest absolute Gasteiger partial charge is 0.260 e. The third kappa shape index (κ3) is 2.76. The lowest BCUT2D eigenvalue weighted by atomic mass is 9.93. The molecule has 9 heteroatoms. The Labute approximate surface area is 188 Å². The zero-order chi connectivity index (χ0) is 22.7. The van der Waals surface area contributed by atoms with Crippen molar-refractivity contribution in [3.63, 3.8) is 0 Å². The molecular formula is C24H21N7O2. The van der Waals surface area contributed by atoms with Gasteiger partial charge in [-0.05, 0) is 23.8 Å². The highest BCUT2D eigenvalue weighted by Crippen LogP contribution is 2.38. The fraction of sp³-hybridized carbons (Fsp3) is 0.167. The first-order chi connectivity index (χ1) is 16.1. The van der Waals surface area contributed by atoms with E-state index in [2.05, 4.69) is 25.2 Å². The van der Waals surface area contributed by atoms with Gasteiger partial charge < -0.3 is 15.6 Å². The van der Waals surface area contributed by atoms with Gasteiger partial charge in [0.25, 0.3) is 11.8 Å². The largest absolute Gasteiger partial charge is 0.382 e. The van der Waals surface area contributed by atoms with Crippen LogP contribution in [0, 0.1) is 0 Å². The number of amides is 2. The Morgan fingerprint density at radius 1 is 1.18 bits per heavy atom. The van der Waals surface area contributed by atoms with Gasteiger partial charge >= 0.3 is 0 Å². The topological polar surface area (TPSA) is 119 Å². The summed E-state index contributed by atoms with van der Waals surface area (Å²) in [5, 5.41) is 6.99. The number of hydrogen-bond donors (Lipinski definition) is 3. The molecule has 4 aromatic rings. The van der Waals surface area contributed by atoms with Crippen LogP contribution in [0.4, 0.5) is 0 Å². The Hall–Kier alpha value is -4.24. The van der Waals surface area contributed by atoms with E-state index in [4.69, 9.17) is 5.73 Å². The summed E-state index contributed by atoms with van der Waals surface area (Å²) in [5.74, 6) is -0.363. The molecule has 1 unspecified atom stereocenters. The monoisotopic (exact) mass is 439 g/mol. The number of nitrogens with one attached hydrogen (secondary N) is 2.